The van der Waals surface area contributed by atoms with Gasteiger partial charge in [0.1, 0.15) is 11.4 Å². The van der Waals surface area contributed by atoms with Gasteiger partial charge in [-0.05, 0) is 93.4 Å². The number of carbonyl (C=O) groups is 1. The standard InChI is InChI=1S/C26H33N3O3/c1-3-32-24-13-20(22(12-18(24)2)19-4-5-19)15-28-10-8-26(9-11-28)16-29(17-26)21-6-7-23(25(30)31)27-14-21/h6-7,12-14,19H,3-5,8-11,15-17H2,1-2H3,(H,30,31). The Labute approximate surface area is 190 Å². The monoisotopic (exact) mass is 435 g/mol. The van der Waals surface area contributed by atoms with Crippen LogP contribution in [0.15, 0.2) is 30.5 Å². The molecule has 170 valence electrons. The van der Waals surface area contributed by atoms with E-state index in [1.54, 1.807) is 17.8 Å². The number of anilines is 1. The van der Waals surface area contributed by atoms with Gasteiger partial charge in [0, 0.05) is 25.0 Å². The highest BCUT2D eigenvalue weighted by Gasteiger charge is 2.45. The number of carboxylic acid groups (broad SMARTS) is 1. The second-order valence-corrected chi connectivity index (χ2v) is 9.86. The number of piperidine rings is 1. The Kier molecular flexibility index (Phi) is 5.58. The lowest BCUT2D eigenvalue weighted by Crippen LogP contribution is -2.60. The fourth-order valence-corrected chi connectivity index (χ4v) is 5.36. The summed E-state index contributed by atoms with van der Waals surface area (Å²) >= 11 is 0. The first kappa shape index (κ1) is 21.3. The number of ether oxygens (including phenoxy) is 1. The van der Waals surface area contributed by atoms with Gasteiger partial charge in [0.2, 0.25) is 0 Å². The van der Waals surface area contributed by atoms with Crippen molar-refractivity contribution >= 4 is 11.7 Å². The van der Waals surface area contributed by atoms with Gasteiger partial charge in [0.25, 0.3) is 0 Å². The molecule has 0 bridgehead atoms. The number of aromatic carboxylic acids is 1. The van der Waals surface area contributed by atoms with Crippen LogP contribution in [0.2, 0.25) is 0 Å². The van der Waals surface area contributed by atoms with Gasteiger partial charge in [-0.3, -0.25) is 4.90 Å². The number of likely N-dealkylation sites (tertiary alicyclic amines) is 1. The Balaban J connectivity index is 1.19. The van der Waals surface area contributed by atoms with Crippen LogP contribution < -0.4 is 9.64 Å². The molecule has 1 N–H and O–H groups in total. The molecular weight excluding hydrogens is 402 g/mol. The van der Waals surface area contributed by atoms with E-state index in [9.17, 15) is 4.79 Å². The normalized spacial score (nSPS) is 20.2. The molecule has 1 spiro atoms. The number of hydrogen-bond acceptors (Lipinski definition) is 5. The van der Waals surface area contributed by atoms with Crippen molar-refractivity contribution in [3.8, 4) is 5.75 Å². The molecule has 3 heterocycles. The van der Waals surface area contributed by atoms with E-state index in [0.29, 0.717) is 12.0 Å². The van der Waals surface area contributed by atoms with Crippen molar-refractivity contribution in [1.29, 1.82) is 0 Å². The molecular formula is C26H33N3O3. The number of nitrogens with zero attached hydrogens (tertiary/aromatic N) is 3. The molecule has 5 rings (SSSR count). The molecule has 6 heteroatoms. The number of aromatic nitrogens is 1. The van der Waals surface area contributed by atoms with Crippen molar-refractivity contribution < 1.29 is 14.6 Å². The van der Waals surface area contributed by atoms with Gasteiger partial charge in [-0.15, -0.1) is 0 Å². The van der Waals surface area contributed by atoms with E-state index in [2.05, 4.69) is 40.8 Å². The lowest BCUT2D eigenvalue weighted by Gasteiger charge is -2.55. The average molecular weight is 436 g/mol. The fourth-order valence-electron chi connectivity index (χ4n) is 5.36. The molecule has 3 aliphatic rings. The topological polar surface area (TPSA) is 65.9 Å². The summed E-state index contributed by atoms with van der Waals surface area (Å²) in [6, 6.07) is 8.15. The van der Waals surface area contributed by atoms with E-state index in [0.717, 1.165) is 50.1 Å². The van der Waals surface area contributed by atoms with Gasteiger partial charge >= 0.3 is 5.97 Å². The number of carboxylic acids is 1. The van der Waals surface area contributed by atoms with Gasteiger partial charge in [-0.1, -0.05) is 6.07 Å². The van der Waals surface area contributed by atoms with Gasteiger partial charge in [0.15, 0.2) is 0 Å². The Hall–Kier alpha value is -2.60. The molecule has 0 amide bonds. The molecule has 1 saturated carbocycles. The number of aryl methyl sites for hydroxylation is 1. The van der Waals surface area contributed by atoms with Crippen LogP contribution in [0.5, 0.6) is 5.75 Å². The summed E-state index contributed by atoms with van der Waals surface area (Å²) in [5.74, 6) is 0.810. The Morgan fingerprint density at radius 3 is 2.56 bits per heavy atom. The molecule has 1 aliphatic carbocycles. The molecule has 32 heavy (non-hydrogen) atoms. The van der Waals surface area contributed by atoms with Crippen molar-refractivity contribution in [1.82, 2.24) is 9.88 Å². The zero-order valence-corrected chi connectivity index (χ0v) is 19.1. The van der Waals surface area contributed by atoms with Crippen molar-refractivity contribution in [2.24, 2.45) is 5.41 Å². The third kappa shape index (κ3) is 4.20. The molecule has 1 aromatic carbocycles. The maximum absolute atomic E-state index is 11.0. The van der Waals surface area contributed by atoms with E-state index in [4.69, 9.17) is 9.84 Å². The van der Waals surface area contributed by atoms with Crippen LogP contribution in [0.25, 0.3) is 0 Å². The van der Waals surface area contributed by atoms with Gasteiger partial charge in [-0.2, -0.15) is 0 Å². The first-order valence-electron chi connectivity index (χ1n) is 11.9. The largest absolute Gasteiger partial charge is 0.494 e. The average Bonchev–Trinajstić information content (AvgIpc) is 3.60. The van der Waals surface area contributed by atoms with Crippen LogP contribution in [0, 0.1) is 12.3 Å². The summed E-state index contributed by atoms with van der Waals surface area (Å²) in [5.41, 5.74) is 5.78. The van der Waals surface area contributed by atoms with Crippen molar-refractivity contribution in [3.63, 3.8) is 0 Å². The van der Waals surface area contributed by atoms with Crippen LogP contribution in [-0.2, 0) is 6.54 Å². The summed E-state index contributed by atoms with van der Waals surface area (Å²) < 4.78 is 5.89. The number of pyridine rings is 1. The number of benzene rings is 1. The molecule has 2 aromatic rings. The second-order valence-electron chi connectivity index (χ2n) is 9.86. The highest BCUT2D eigenvalue weighted by Crippen LogP contribution is 2.45. The van der Waals surface area contributed by atoms with Crippen molar-refractivity contribution in [3.05, 3.63) is 52.8 Å². The Morgan fingerprint density at radius 1 is 1.22 bits per heavy atom. The number of rotatable bonds is 7. The Bertz CT molecular complexity index is 984. The maximum atomic E-state index is 11.0. The molecule has 0 radical (unpaired) electrons. The highest BCUT2D eigenvalue weighted by molar-refractivity contribution is 5.85. The molecule has 3 fully saturated rings. The molecule has 2 aliphatic heterocycles. The zero-order valence-electron chi connectivity index (χ0n) is 19.1. The lowest BCUT2D eigenvalue weighted by atomic mass is 9.71. The summed E-state index contributed by atoms with van der Waals surface area (Å²) in [7, 11) is 0. The van der Waals surface area contributed by atoms with Crippen LogP contribution >= 0.6 is 0 Å². The Morgan fingerprint density at radius 2 is 1.97 bits per heavy atom. The number of hydrogen-bond donors (Lipinski definition) is 1. The minimum atomic E-state index is -0.976. The minimum Gasteiger partial charge on any atom is -0.494 e. The van der Waals surface area contributed by atoms with Crippen LogP contribution in [0.1, 0.15) is 65.7 Å². The van der Waals surface area contributed by atoms with Gasteiger partial charge < -0.3 is 14.7 Å². The fraction of sp³-hybridized carbons (Fsp3) is 0.538. The van der Waals surface area contributed by atoms with E-state index in [1.807, 2.05) is 6.07 Å². The molecule has 1 aromatic heterocycles. The molecule has 2 saturated heterocycles. The quantitative estimate of drug-likeness (QED) is 0.692. The summed E-state index contributed by atoms with van der Waals surface area (Å²) in [6.07, 6.45) is 6.77. The van der Waals surface area contributed by atoms with E-state index >= 15 is 0 Å². The highest BCUT2D eigenvalue weighted by atomic mass is 16.5. The van der Waals surface area contributed by atoms with E-state index in [-0.39, 0.29) is 5.69 Å². The second kappa shape index (κ2) is 8.39. The van der Waals surface area contributed by atoms with Crippen LogP contribution in [0.4, 0.5) is 5.69 Å². The lowest BCUT2D eigenvalue weighted by molar-refractivity contribution is 0.0688. The first-order valence-corrected chi connectivity index (χ1v) is 11.9. The predicted molar refractivity (Wildman–Crippen MR) is 125 cm³/mol. The minimum absolute atomic E-state index is 0.103. The molecule has 0 atom stereocenters. The third-order valence-electron chi connectivity index (χ3n) is 7.45. The molecule has 0 unspecified atom stereocenters. The first-order chi connectivity index (χ1) is 15.5. The smallest absolute Gasteiger partial charge is 0.354 e. The summed E-state index contributed by atoms with van der Waals surface area (Å²) in [5, 5.41) is 9.03. The summed E-state index contributed by atoms with van der Waals surface area (Å²) in [6.45, 7) is 10.3. The van der Waals surface area contributed by atoms with Crippen LogP contribution in [0.3, 0.4) is 0 Å². The summed E-state index contributed by atoms with van der Waals surface area (Å²) in [4.78, 5) is 20.0. The maximum Gasteiger partial charge on any atom is 0.354 e. The third-order valence-corrected chi connectivity index (χ3v) is 7.45. The van der Waals surface area contributed by atoms with Crippen LogP contribution in [-0.4, -0.2) is 53.7 Å². The van der Waals surface area contributed by atoms with Crippen molar-refractivity contribution in [2.45, 2.75) is 52.0 Å². The van der Waals surface area contributed by atoms with E-state index in [1.165, 1.54) is 36.8 Å². The van der Waals surface area contributed by atoms with E-state index < -0.39 is 5.97 Å². The molecule has 6 nitrogen and oxygen atoms in total. The van der Waals surface area contributed by atoms with Gasteiger partial charge in [-0.25, -0.2) is 9.78 Å². The SMILES string of the molecule is CCOc1cc(CN2CCC3(CC2)CN(c2ccc(C(=O)O)nc2)C3)c(C2CC2)cc1C. The van der Waals surface area contributed by atoms with Gasteiger partial charge in [0.05, 0.1) is 18.5 Å². The van der Waals surface area contributed by atoms with Crippen molar-refractivity contribution in [2.75, 3.05) is 37.7 Å². The predicted octanol–water partition coefficient (Wildman–Crippen LogP) is 4.47. The zero-order chi connectivity index (χ0) is 22.3.